The fraction of sp³-hybridized carbons (Fsp3) is 0.429. The number of nitrogens with zero attached hydrogens (tertiary/aromatic N) is 4. The van der Waals surface area contributed by atoms with Crippen LogP contribution in [0.25, 0.3) is 0 Å². The molecular formula is C28H32FN5O4. The van der Waals surface area contributed by atoms with Crippen LogP contribution in [0.1, 0.15) is 61.5 Å². The lowest BCUT2D eigenvalue weighted by Gasteiger charge is -2.35. The van der Waals surface area contributed by atoms with Crippen LogP contribution in [0.3, 0.4) is 0 Å². The zero-order valence-electron chi connectivity index (χ0n) is 21.9. The predicted octanol–water partition coefficient (Wildman–Crippen LogP) is 4.91. The number of amidine groups is 1. The van der Waals surface area contributed by atoms with E-state index >= 15 is 4.39 Å². The molecule has 1 atom stereocenters. The quantitative estimate of drug-likeness (QED) is 0.193. The third kappa shape index (κ3) is 5.28. The predicted molar refractivity (Wildman–Crippen MR) is 142 cm³/mol. The molecule has 0 saturated carbocycles. The van der Waals surface area contributed by atoms with Gasteiger partial charge in [0.15, 0.2) is 23.1 Å². The molecule has 0 amide bonds. The van der Waals surface area contributed by atoms with E-state index in [0.29, 0.717) is 35.8 Å². The summed E-state index contributed by atoms with van der Waals surface area (Å²) in [5, 5.41) is 17.6. The molecule has 0 spiro atoms. The van der Waals surface area contributed by atoms with Crippen molar-refractivity contribution in [2.45, 2.75) is 52.6 Å². The van der Waals surface area contributed by atoms with Gasteiger partial charge in [-0.1, -0.05) is 19.8 Å². The summed E-state index contributed by atoms with van der Waals surface area (Å²) in [6.07, 6.45) is 6.14. The fourth-order valence-corrected chi connectivity index (χ4v) is 4.81. The Kier molecular flexibility index (Phi) is 8.46. The first kappa shape index (κ1) is 26.9. The average molecular weight is 522 g/mol. The third-order valence-corrected chi connectivity index (χ3v) is 6.62. The van der Waals surface area contributed by atoms with E-state index in [-0.39, 0.29) is 54.4 Å². The standard InChI is InChI=1S/C28H32FN5O4/c1-4-7-8-20-15-38-23-10-9-18(11-21(23)34(20)17-32-16-30)22(35)14-33-13-19-12-24(36-5-2)27(37-6-3)26(29)25(19)28(33)31/h9-12,17,20,31H,4-8,13-15H2,1-3H3. The number of unbranched alkanes of at least 4 members (excludes halogenated alkanes) is 1. The first-order chi connectivity index (χ1) is 18.4. The van der Waals surface area contributed by atoms with Gasteiger partial charge in [0.05, 0.1) is 37.1 Å². The largest absolute Gasteiger partial charge is 0.490 e. The number of nitriles is 1. The van der Waals surface area contributed by atoms with Gasteiger partial charge in [-0.05, 0) is 50.1 Å². The van der Waals surface area contributed by atoms with Gasteiger partial charge in [-0.25, -0.2) is 4.39 Å². The average Bonchev–Trinajstić information content (AvgIpc) is 3.22. The van der Waals surface area contributed by atoms with Crippen LogP contribution in [-0.4, -0.2) is 55.3 Å². The number of carbonyl (C=O) groups is 1. The summed E-state index contributed by atoms with van der Waals surface area (Å²) in [6.45, 7) is 6.82. The molecule has 0 bridgehead atoms. The number of hydrogen-bond donors (Lipinski definition) is 1. The van der Waals surface area contributed by atoms with Gasteiger partial charge in [-0.2, -0.15) is 10.3 Å². The van der Waals surface area contributed by atoms with E-state index in [2.05, 4.69) is 11.9 Å². The second-order valence-electron chi connectivity index (χ2n) is 9.09. The molecule has 200 valence electrons. The Bertz CT molecular complexity index is 1290. The Morgan fingerprint density at radius 2 is 2.08 bits per heavy atom. The van der Waals surface area contributed by atoms with Crippen LogP contribution in [-0.2, 0) is 6.54 Å². The van der Waals surface area contributed by atoms with E-state index in [4.69, 9.17) is 24.9 Å². The second kappa shape index (κ2) is 11.9. The van der Waals surface area contributed by atoms with E-state index in [1.807, 2.05) is 4.90 Å². The lowest BCUT2D eigenvalue weighted by Crippen LogP contribution is -2.42. The van der Waals surface area contributed by atoms with E-state index in [0.717, 1.165) is 19.3 Å². The molecule has 2 aliphatic rings. The maximum Gasteiger partial charge on any atom is 0.207 e. The molecule has 0 radical (unpaired) electrons. The van der Waals surface area contributed by atoms with Crippen LogP contribution in [0.4, 0.5) is 10.1 Å². The summed E-state index contributed by atoms with van der Waals surface area (Å²) in [6, 6.07) is 6.82. The smallest absolute Gasteiger partial charge is 0.207 e. The summed E-state index contributed by atoms with van der Waals surface area (Å²) in [4.78, 5) is 20.5. The van der Waals surface area contributed by atoms with Crippen LogP contribution >= 0.6 is 0 Å². The first-order valence-electron chi connectivity index (χ1n) is 12.9. The van der Waals surface area contributed by atoms with Gasteiger partial charge in [0.2, 0.25) is 6.19 Å². The minimum Gasteiger partial charge on any atom is -0.490 e. The van der Waals surface area contributed by atoms with Crippen LogP contribution in [0, 0.1) is 22.7 Å². The van der Waals surface area contributed by atoms with Crippen molar-refractivity contribution in [1.82, 2.24) is 4.90 Å². The summed E-state index contributed by atoms with van der Waals surface area (Å²) in [5.41, 5.74) is 1.79. The Balaban J connectivity index is 1.58. The third-order valence-electron chi connectivity index (χ3n) is 6.62. The summed E-state index contributed by atoms with van der Waals surface area (Å²) < 4.78 is 32.4. The summed E-state index contributed by atoms with van der Waals surface area (Å²) in [5.74, 6) is -0.0686. The molecular weight excluding hydrogens is 489 g/mol. The van der Waals surface area contributed by atoms with Crippen molar-refractivity contribution < 1.29 is 23.4 Å². The zero-order chi connectivity index (χ0) is 27.2. The number of ketones is 1. The Labute approximate surface area is 221 Å². The van der Waals surface area contributed by atoms with Crippen LogP contribution < -0.4 is 19.1 Å². The Morgan fingerprint density at radius 1 is 1.29 bits per heavy atom. The van der Waals surface area contributed by atoms with E-state index in [9.17, 15) is 4.79 Å². The van der Waals surface area contributed by atoms with Crippen molar-refractivity contribution in [3.63, 3.8) is 0 Å². The number of Topliss-reactive ketones (excluding diaryl/α,β-unsaturated/α-hetero) is 1. The van der Waals surface area contributed by atoms with Gasteiger partial charge in [0.25, 0.3) is 0 Å². The summed E-state index contributed by atoms with van der Waals surface area (Å²) in [7, 11) is 0. The van der Waals surface area contributed by atoms with Gasteiger partial charge in [0, 0.05) is 12.1 Å². The lowest BCUT2D eigenvalue weighted by atomic mass is 10.0. The van der Waals surface area contributed by atoms with Crippen molar-refractivity contribution in [3.8, 4) is 23.4 Å². The first-order valence-corrected chi connectivity index (χ1v) is 12.9. The molecule has 4 rings (SSSR count). The van der Waals surface area contributed by atoms with Gasteiger partial charge in [-0.15, -0.1) is 0 Å². The highest BCUT2D eigenvalue weighted by molar-refractivity contribution is 6.06. The second-order valence-corrected chi connectivity index (χ2v) is 9.09. The highest BCUT2D eigenvalue weighted by atomic mass is 19.1. The normalized spacial score (nSPS) is 16.2. The molecule has 9 nitrogen and oxygen atoms in total. The highest BCUT2D eigenvalue weighted by Gasteiger charge is 2.33. The molecule has 2 heterocycles. The van der Waals surface area contributed by atoms with Crippen LogP contribution in [0.15, 0.2) is 29.3 Å². The maximum atomic E-state index is 15.4. The Hall–Kier alpha value is -4.13. The minimum atomic E-state index is -0.649. The highest BCUT2D eigenvalue weighted by Crippen LogP contribution is 2.39. The molecule has 1 unspecified atom stereocenters. The number of benzene rings is 2. The number of nitrogens with one attached hydrogen (secondary N) is 1. The molecule has 1 N–H and O–H groups in total. The van der Waals surface area contributed by atoms with Gasteiger partial charge in [0.1, 0.15) is 24.5 Å². The van der Waals surface area contributed by atoms with Crippen molar-refractivity contribution in [2.24, 2.45) is 4.99 Å². The molecule has 2 aromatic rings. The molecule has 0 saturated heterocycles. The lowest BCUT2D eigenvalue weighted by molar-refractivity contribution is 0.0962. The van der Waals surface area contributed by atoms with Crippen LogP contribution in [0.2, 0.25) is 0 Å². The van der Waals surface area contributed by atoms with Crippen molar-refractivity contribution in [1.29, 1.82) is 10.7 Å². The van der Waals surface area contributed by atoms with Crippen molar-refractivity contribution in [2.75, 3.05) is 31.3 Å². The molecule has 2 aliphatic heterocycles. The zero-order valence-corrected chi connectivity index (χ0v) is 21.9. The Morgan fingerprint density at radius 3 is 2.79 bits per heavy atom. The fourth-order valence-electron chi connectivity index (χ4n) is 4.81. The van der Waals surface area contributed by atoms with E-state index in [1.54, 1.807) is 44.3 Å². The molecule has 0 fully saturated rings. The van der Waals surface area contributed by atoms with Gasteiger partial charge in [-0.3, -0.25) is 10.2 Å². The maximum absolute atomic E-state index is 15.4. The number of halogens is 1. The molecule has 0 aromatic heterocycles. The SMILES string of the molecule is CCCCC1COc2ccc(C(=O)CN3Cc4cc(OCC)c(OCC)c(F)c4C3=N)cc2N1C=NC#N. The number of rotatable bonds is 11. The van der Waals surface area contributed by atoms with Crippen molar-refractivity contribution >= 4 is 23.6 Å². The number of ether oxygens (including phenoxy) is 3. The number of carbonyl (C=O) groups excluding carboxylic acids is 1. The number of aliphatic imine (C=N–C) groups is 1. The molecule has 2 aromatic carbocycles. The number of fused-ring (bicyclic) bond motifs is 2. The number of anilines is 1. The molecule has 10 heteroatoms. The molecule has 0 aliphatic carbocycles. The summed E-state index contributed by atoms with van der Waals surface area (Å²) >= 11 is 0. The monoisotopic (exact) mass is 521 g/mol. The van der Waals surface area contributed by atoms with E-state index in [1.165, 1.54) is 11.2 Å². The van der Waals surface area contributed by atoms with Crippen molar-refractivity contribution in [3.05, 3.63) is 46.8 Å². The number of hydrogen-bond acceptors (Lipinski definition) is 7. The van der Waals surface area contributed by atoms with E-state index < -0.39 is 5.82 Å². The topological polar surface area (TPSA) is 111 Å². The van der Waals surface area contributed by atoms with Gasteiger partial charge >= 0.3 is 0 Å². The minimum absolute atomic E-state index is 0.00629. The van der Waals surface area contributed by atoms with Crippen LogP contribution in [0.5, 0.6) is 17.2 Å². The molecule has 38 heavy (non-hydrogen) atoms. The van der Waals surface area contributed by atoms with Gasteiger partial charge < -0.3 is 24.0 Å².